The second-order valence-electron chi connectivity index (χ2n) is 2.78. The fourth-order valence-corrected chi connectivity index (χ4v) is 2.43. The Balaban J connectivity index is 3.51. The molecule has 0 aliphatic rings. The largest absolute Gasteiger partial charge is 0.355 e. The highest BCUT2D eigenvalue weighted by atomic mass is 79.9. The van der Waals surface area contributed by atoms with Gasteiger partial charge in [-0.05, 0) is 28.1 Å². The van der Waals surface area contributed by atoms with Crippen molar-refractivity contribution in [3.05, 3.63) is 28.0 Å². The number of nitrogens with one attached hydrogen (secondary N) is 1. The second-order valence-corrected chi connectivity index (χ2v) is 6.17. The van der Waals surface area contributed by atoms with Gasteiger partial charge in [-0.3, -0.25) is 4.79 Å². The van der Waals surface area contributed by atoms with Crippen molar-refractivity contribution in [1.82, 2.24) is 5.32 Å². The molecule has 1 rings (SSSR count). The molecule has 1 aromatic rings. The van der Waals surface area contributed by atoms with Crippen molar-refractivity contribution < 1.29 is 17.6 Å². The molecule has 0 saturated heterocycles. The molecular formula is C8H6BrClFNO3S. The minimum atomic E-state index is -4.22. The first-order chi connectivity index (χ1) is 7.27. The number of carbonyl (C=O) groups is 1. The van der Waals surface area contributed by atoms with E-state index in [1.54, 1.807) is 0 Å². The van der Waals surface area contributed by atoms with E-state index in [2.05, 4.69) is 21.2 Å². The molecule has 0 aromatic heterocycles. The molecule has 8 heteroatoms. The topological polar surface area (TPSA) is 63.2 Å². The summed E-state index contributed by atoms with van der Waals surface area (Å²) in [7, 11) is 2.17. The molecule has 0 bridgehead atoms. The predicted octanol–water partition coefficient (Wildman–Crippen LogP) is 1.88. The Hall–Kier alpha value is -0.660. The van der Waals surface area contributed by atoms with Gasteiger partial charge in [0, 0.05) is 22.2 Å². The van der Waals surface area contributed by atoms with Gasteiger partial charge in [0.2, 0.25) is 0 Å². The quantitative estimate of drug-likeness (QED) is 0.842. The molecule has 0 fully saturated rings. The SMILES string of the molecule is CNC(=O)c1cc(S(=O)(=O)Cl)c(F)cc1Br. The lowest BCUT2D eigenvalue weighted by Gasteiger charge is -2.06. The van der Waals surface area contributed by atoms with E-state index in [1.807, 2.05) is 0 Å². The third kappa shape index (κ3) is 2.72. The maximum absolute atomic E-state index is 13.3. The van der Waals surface area contributed by atoms with Crippen molar-refractivity contribution in [2.75, 3.05) is 7.05 Å². The fraction of sp³-hybridized carbons (Fsp3) is 0.125. The zero-order valence-electron chi connectivity index (χ0n) is 7.92. The molecule has 16 heavy (non-hydrogen) atoms. The number of hydrogen-bond acceptors (Lipinski definition) is 3. The van der Waals surface area contributed by atoms with Crippen LogP contribution in [0.2, 0.25) is 0 Å². The van der Waals surface area contributed by atoms with Crippen LogP contribution in [0.3, 0.4) is 0 Å². The summed E-state index contributed by atoms with van der Waals surface area (Å²) in [6.07, 6.45) is 0. The van der Waals surface area contributed by atoms with Crippen LogP contribution in [0, 0.1) is 5.82 Å². The molecule has 0 aliphatic heterocycles. The minimum absolute atomic E-state index is 0.0110. The van der Waals surface area contributed by atoms with Gasteiger partial charge in [-0.1, -0.05) is 0 Å². The smallest absolute Gasteiger partial charge is 0.264 e. The average Bonchev–Trinajstić information content (AvgIpc) is 2.14. The summed E-state index contributed by atoms with van der Waals surface area (Å²) < 4.78 is 35.4. The third-order valence-electron chi connectivity index (χ3n) is 1.76. The van der Waals surface area contributed by atoms with Gasteiger partial charge in [0.05, 0.1) is 5.56 Å². The standard InChI is InChI=1S/C8H6BrClFNO3S/c1-12-8(13)4-2-7(16(10,14)15)6(11)3-5(4)9/h2-3H,1H3,(H,12,13). The summed E-state index contributed by atoms with van der Waals surface area (Å²) in [6, 6.07) is 1.75. The van der Waals surface area contributed by atoms with Crippen LogP contribution in [0.1, 0.15) is 10.4 Å². The minimum Gasteiger partial charge on any atom is -0.355 e. The number of benzene rings is 1. The molecule has 1 amide bonds. The maximum atomic E-state index is 13.3. The Kier molecular flexibility index (Phi) is 3.92. The van der Waals surface area contributed by atoms with Crippen LogP contribution >= 0.6 is 26.6 Å². The van der Waals surface area contributed by atoms with Gasteiger partial charge in [0.15, 0.2) is 0 Å². The Morgan fingerprint density at radius 1 is 1.50 bits per heavy atom. The molecule has 4 nitrogen and oxygen atoms in total. The number of rotatable bonds is 2. The van der Waals surface area contributed by atoms with Crippen molar-refractivity contribution in [3.8, 4) is 0 Å². The van der Waals surface area contributed by atoms with Crippen molar-refractivity contribution in [3.63, 3.8) is 0 Å². The van der Waals surface area contributed by atoms with E-state index in [-0.39, 0.29) is 10.0 Å². The average molecular weight is 331 g/mol. The highest BCUT2D eigenvalue weighted by Gasteiger charge is 2.21. The van der Waals surface area contributed by atoms with Crippen molar-refractivity contribution in [1.29, 1.82) is 0 Å². The molecule has 0 aliphatic carbocycles. The summed E-state index contributed by atoms with van der Waals surface area (Å²) in [5, 5.41) is 2.29. The van der Waals surface area contributed by atoms with Gasteiger partial charge in [-0.2, -0.15) is 0 Å². The molecular weight excluding hydrogens is 325 g/mol. The van der Waals surface area contributed by atoms with E-state index < -0.39 is 25.7 Å². The van der Waals surface area contributed by atoms with Crippen LogP contribution in [0.25, 0.3) is 0 Å². The van der Waals surface area contributed by atoms with Crippen LogP contribution in [-0.2, 0) is 9.05 Å². The fourth-order valence-electron chi connectivity index (χ4n) is 1.02. The van der Waals surface area contributed by atoms with E-state index >= 15 is 0 Å². The molecule has 0 unspecified atom stereocenters. The molecule has 0 saturated carbocycles. The first-order valence-corrected chi connectivity index (χ1v) is 7.03. The lowest BCUT2D eigenvalue weighted by Crippen LogP contribution is -2.19. The van der Waals surface area contributed by atoms with Crippen molar-refractivity contribution >= 4 is 41.6 Å². The summed E-state index contributed by atoms with van der Waals surface area (Å²) in [5.41, 5.74) is -0.0110. The zero-order valence-corrected chi connectivity index (χ0v) is 11.1. The van der Waals surface area contributed by atoms with Crippen molar-refractivity contribution in [2.45, 2.75) is 4.90 Å². The Morgan fingerprint density at radius 2 is 2.06 bits per heavy atom. The van der Waals surface area contributed by atoms with Gasteiger partial charge < -0.3 is 5.32 Å². The molecule has 1 aromatic carbocycles. The van der Waals surface area contributed by atoms with E-state index in [0.717, 1.165) is 12.1 Å². The summed E-state index contributed by atoms with van der Waals surface area (Å²) >= 11 is 2.95. The molecule has 88 valence electrons. The lowest BCUT2D eigenvalue weighted by molar-refractivity contribution is 0.0962. The number of halogens is 3. The Morgan fingerprint density at radius 3 is 2.50 bits per heavy atom. The highest BCUT2D eigenvalue weighted by molar-refractivity contribution is 9.10. The highest BCUT2D eigenvalue weighted by Crippen LogP contribution is 2.26. The van der Waals surface area contributed by atoms with Crippen LogP contribution in [-0.4, -0.2) is 21.4 Å². The monoisotopic (exact) mass is 329 g/mol. The van der Waals surface area contributed by atoms with Crippen LogP contribution in [0.5, 0.6) is 0 Å². The molecule has 0 heterocycles. The Bertz CT molecular complexity index is 546. The van der Waals surface area contributed by atoms with Crippen molar-refractivity contribution in [2.24, 2.45) is 0 Å². The third-order valence-corrected chi connectivity index (χ3v) is 3.75. The maximum Gasteiger partial charge on any atom is 0.264 e. The molecule has 0 spiro atoms. The normalized spacial score (nSPS) is 11.2. The van der Waals surface area contributed by atoms with Gasteiger partial charge in [0.25, 0.3) is 15.0 Å². The second kappa shape index (κ2) is 4.68. The van der Waals surface area contributed by atoms with Gasteiger partial charge in [-0.15, -0.1) is 0 Å². The number of hydrogen-bond donors (Lipinski definition) is 1. The van der Waals surface area contributed by atoms with Gasteiger partial charge in [-0.25, -0.2) is 12.8 Å². The molecule has 0 atom stereocenters. The summed E-state index contributed by atoms with van der Waals surface area (Å²) in [5.74, 6) is -1.57. The lowest BCUT2D eigenvalue weighted by atomic mass is 10.2. The molecule has 1 N–H and O–H groups in total. The van der Waals surface area contributed by atoms with E-state index in [0.29, 0.717) is 0 Å². The molecule has 0 radical (unpaired) electrons. The van der Waals surface area contributed by atoms with Crippen LogP contribution in [0.4, 0.5) is 4.39 Å². The zero-order chi connectivity index (χ0) is 12.5. The first kappa shape index (κ1) is 13.4. The number of amides is 1. The number of carbonyl (C=O) groups excluding carboxylic acids is 1. The first-order valence-electron chi connectivity index (χ1n) is 3.93. The van der Waals surface area contributed by atoms with E-state index in [1.165, 1.54) is 7.05 Å². The van der Waals surface area contributed by atoms with E-state index in [9.17, 15) is 17.6 Å². The summed E-state index contributed by atoms with van der Waals surface area (Å²) in [4.78, 5) is 10.6. The predicted molar refractivity (Wildman–Crippen MR) is 60.5 cm³/mol. The van der Waals surface area contributed by atoms with E-state index in [4.69, 9.17) is 10.7 Å². The van der Waals surface area contributed by atoms with Crippen LogP contribution < -0.4 is 5.32 Å². The van der Waals surface area contributed by atoms with Crippen LogP contribution in [0.15, 0.2) is 21.5 Å². The Labute approximate surface area is 104 Å². The van der Waals surface area contributed by atoms with Gasteiger partial charge in [0.1, 0.15) is 10.7 Å². The summed E-state index contributed by atoms with van der Waals surface area (Å²) in [6.45, 7) is 0. The van der Waals surface area contributed by atoms with Gasteiger partial charge >= 0.3 is 0 Å².